The van der Waals surface area contributed by atoms with Crippen molar-refractivity contribution in [3.8, 4) is 5.75 Å². The molecule has 0 radical (unpaired) electrons. The number of carbonyl (C=O) groups is 1. The number of Topliss-reactive ketones (excluding diaryl/α,β-unsaturated/α-hetero) is 1. The molecule has 0 N–H and O–H groups in total. The Labute approximate surface area is 128 Å². The van der Waals surface area contributed by atoms with Gasteiger partial charge in [0.1, 0.15) is 12.4 Å². The molecule has 1 aliphatic heterocycles. The highest BCUT2D eigenvalue weighted by Gasteiger charge is 2.22. The largest absolute Gasteiger partial charge is 0.488 e. The van der Waals surface area contributed by atoms with Crippen LogP contribution in [0, 0.1) is 0 Å². The standard InChI is InChI=1S/C20H14O2/c21-20-17(13-22-19-8-4-3-7-18(19)20)12-14-9-10-15-5-1-2-6-16(15)11-14/h1-12H,13H2/b17-12+. The molecule has 0 bridgehead atoms. The molecule has 0 amide bonds. The summed E-state index contributed by atoms with van der Waals surface area (Å²) in [5.74, 6) is 0.721. The molecule has 0 saturated heterocycles. The summed E-state index contributed by atoms with van der Waals surface area (Å²) in [6, 6.07) is 21.8. The third kappa shape index (κ3) is 2.19. The van der Waals surface area contributed by atoms with E-state index in [0.717, 1.165) is 5.56 Å². The number of para-hydroxylation sites is 1. The van der Waals surface area contributed by atoms with Crippen molar-refractivity contribution in [1.29, 1.82) is 0 Å². The van der Waals surface area contributed by atoms with Crippen LogP contribution in [-0.4, -0.2) is 12.4 Å². The van der Waals surface area contributed by atoms with E-state index in [-0.39, 0.29) is 5.78 Å². The average molecular weight is 286 g/mol. The van der Waals surface area contributed by atoms with Gasteiger partial charge in [0.25, 0.3) is 0 Å². The topological polar surface area (TPSA) is 26.3 Å². The minimum absolute atomic E-state index is 0.0509. The smallest absolute Gasteiger partial charge is 0.196 e. The molecule has 0 aliphatic carbocycles. The summed E-state index contributed by atoms with van der Waals surface area (Å²) in [6.45, 7) is 0.322. The van der Waals surface area contributed by atoms with Crippen LogP contribution in [0.5, 0.6) is 5.75 Å². The van der Waals surface area contributed by atoms with Crippen LogP contribution in [0.1, 0.15) is 15.9 Å². The van der Waals surface area contributed by atoms with Crippen LogP contribution < -0.4 is 4.74 Å². The van der Waals surface area contributed by atoms with Crippen molar-refractivity contribution in [2.45, 2.75) is 0 Å². The van der Waals surface area contributed by atoms with Gasteiger partial charge in [-0.2, -0.15) is 0 Å². The maximum absolute atomic E-state index is 12.5. The van der Waals surface area contributed by atoms with E-state index in [0.29, 0.717) is 23.5 Å². The van der Waals surface area contributed by atoms with Gasteiger partial charge in [-0.15, -0.1) is 0 Å². The van der Waals surface area contributed by atoms with Gasteiger partial charge in [-0.25, -0.2) is 0 Å². The molecule has 0 unspecified atom stereocenters. The fourth-order valence-electron chi connectivity index (χ4n) is 2.78. The number of ether oxygens (including phenoxy) is 1. The molecular formula is C20H14O2. The number of fused-ring (bicyclic) bond motifs is 2. The van der Waals surface area contributed by atoms with Gasteiger partial charge in [0.05, 0.1) is 5.56 Å². The Balaban J connectivity index is 1.74. The second-order valence-corrected chi connectivity index (χ2v) is 5.39. The van der Waals surface area contributed by atoms with E-state index < -0.39 is 0 Å². The second kappa shape index (κ2) is 5.15. The quantitative estimate of drug-likeness (QED) is 0.616. The van der Waals surface area contributed by atoms with Crippen molar-refractivity contribution in [2.24, 2.45) is 0 Å². The van der Waals surface area contributed by atoms with Crippen molar-refractivity contribution in [1.82, 2.24) is 0 Å². The van der Waals surface area contributed by atoms with Gasteiger partial charge in [-0.05, 0) is 40.6 Å². The van der Waals surface area contributed by atoms with Crippen LogP contribution in [0.3, 0.4) is 0 Å². The number of hydrogen-bond donors (Lipinski definition) is 0. The Kier molecular flexibility index (Phi) is 3.01. The first-order valence-corrected chi connectivity index (χ1v) is 7.27. The van der Waals surface area contributed by atoms with Gasteiger partial charge in [-0.3, -0.25) is 4.79 Å². The van der Waals surface area contributed by atoms with Crippen LogP contribution in [0.4, 0.5) is 0 Å². The Morgan fingerprint density at radius 1 is 0.864 bits per heavy atom. The van der Waals surface area contributed by atoms with Crippen LogP contribution in [-0.2, 0) is 0 Å². The number of ketones is 1. The highest BCUT2D eigenvalue weighted by Crippen LogP contribution is 2.28. The average Bonchev–Trinajstić information content (AvgIpc) is 2.57. The van der Waals surface area contributed by atoms with Gasteiger partial charge in [-0.1, -0.05) is 48.5 Å². The van der Waals surface area contributed by atoms with E-state index in [4.69, 9.17) is 4.74 Å². The summed E-state index contributed by atoms with van der Waals surface area (Å²) < 4.78 is 5.68. The number of carbonyl (C=O) groups excluding carboxylic acids is 1. The lowest BCUT2D eigenvalue weighted by atomic mass is 9.97. The first kappa shape index (κ1) is 12.8. The molecular weight excluding hydrogens is 272 g/mol. The molecule has 22 heavy (non-hydrogen) atoms. The Hall–Kier alpha value is -2.87. The molecule has 2 heteroatoms. The fraction of sp³-hybridized carbons (Fsp3) is 0.0500. The molecule has 1 aliphatic rings. The molecule has 0 spiro atoms. The molecule has 3 aromatic carbocycles. The van der Waals surface area contributed by atoms with E-state index in [1.807, 2.05) is 48.5 Å². The molecule has 106 valence electrons. The summed E-state index contributed by atoms with van der Waals surface area (Å²) in [4.78, 5) is 12.5. The summed E-state index contributed by atoms with van der Waals surface area (Å²) in [5, 5.41) is 2.36. The van der Waals surface area contributed by atoms with Crippen molar-refractivity contribution >= 4 is 22.6 Å². The molecule has 0 fully saturated rings. The molecule has 1 heterocycles. The van der Waals surface area contributed by atoms with E-state index >= 15 is 0 Å². The Bertz CT molecular complexity index is 906. The second-order valence-electron chi connectivity index (χ2n) is 5.39. The minimum Gasteiger partial charge on any atom is -0.488 e. The maximum atomic E-state index is 12.5. The lowest BCUT2D eigenvalue weighted by Gasteiger charge is -2.18. The number of benzene rings is 3. The molecule has 4 rings (SSSR count). The predicted molar refractivity (Wildman–Crippen MR) is 88.2 cm³/mol. The lowest BCUT2D eigenvalue weighted by Crippen LogP contribution is -2.18. The SMILES string of the molecule is O=C1/C(=C/c2ccc3ccccc3c2)COc2ccccc21. The highest BCUT2D eigenvalue weighted by molar-refractivity contribution is 6.14. The van der Waals surface area contributed by atoms with Crippen molar-refractivity contribution in [3.05, 3.63) is 83.4 Å². The molecule has 0 aromatic heterocycles. The van der Waals surface area contributed by atoms with Crippen LogP contribution in [0.15, 0.2) is 72.3 Å². The van der Waals surface area contributed by atoms with Gasteiger partial charge < -0.3 is 4.74 Å². The normalized spacial score (nSPS) is 15.6. The van der Waals surface area contributed by atoms with Gasteiger partial charge >= 0.3 is 0 Å². The third-order valence-corrected chi connectivity index (χ3v) is 3.92. The first-order valence-electron chi connectivity index (χ1n) is 7.27. The monoisotopic (exact) mass is 286 g/mol. The fourth-order valence-corrected chi connectivity index (χ4v) is 2.78. The third-order valence-electron chi connectivity index (χ3n) is 3.92. The molecule has 0 saturated carbocycles. The van der Waals surface area contributed by atoms with Gasteiger partial charge in [0.2, 0.25) is 0 Å². The van der Waals surface area contributed by atoms with Gasteiger partial charge in [0, 0.05) is 5.57 Å². The highest BCUT2D eigenvalue weighted by atomic mass is 16.5. The van der Waals surface area contributed by atoms with E-state index in [1.54, 1.807) is 0 Å². The van der Waals surface area contributed by atoms with Crippen molar-refractivity contribution in [2.75, 3.05) is 6.61 Å². The number of hydrogen-bond acceptors (Lipinski definition) is 2. The summed E-state index contributed by atoms with van der Waals surface area (Å²) in [7, 11) is 0. The molecule has 0 atom stereocenters. The lowest BCUT2D eigenvalue weighted by molar-refractivity contribution is 0.100. The maximum Gasteiger partial charge on any atom is 0.196 e. The first-order chi connectivity index (χ1) is 10.8. The molecule has 2 nitrogen and oxygen atoms in total. The van der Waals surface area contributed by atoms with Crippen molar-refractivity contribution < 1.29 is 9.53 Å². The van der Waals surface area contributed by atoms with Crippen molar-refractivity contribution in [3.63, 3.8) is 0 Å². The zero-order valence-corrected chi connectivity index (χ0v) is 12.0. The summed E-state index contributed by atoms with van der Waals surface area (Å²) in [6.07, 6.45) is 1.92. The Morgan fingerprint density at radius 2 is 1.64 bits per heavy atom. The number of rotatable bonds is 1. The van der Waals surface area contributed by atoms with E-state index in [9.17, 15) is 4.79 Å². The Morgan fingerprint density at radius 3 is 2.55 bits per heavy atom. The molecule has 3 aromatic rings. The van der Waals surface area contributed by atoms with Crippen LogP contribution in [0.2, 0.25) is 0 Å². The van der Waals surface area contributed by atoms with Crippen LogP contribution >= 0.6 is 0 Å². The zero-order chi connectivity index (χ0) is 14.9. The minimum atomic E-state index is 0.0509. The zero-order valence-electron chi connectivity index (χ0n) is 12.0. The van der Waals surface area contributed by atoms with Crippen LogP contribution in [0.25, 0.3) is 16.8 Å². The predicted octanol–water partition coefficient (Wildman–Crippen LogP) is 4.50. The van der Waals surface area contributed by atoms with E-state index in [1.165, 1.54) is 10.8 Å². The summed E-state index contributed by atoms with van der Waals surface area (Å²) in [5.41, 5.74) is 2.35. The van der Waals surface area contributed by atoms with E-state index in [2.05, 4.69) is 24.3 Å². The van der Waals surface area contributed by atoms with Gasteiger partial charge in [0.15, 0.2) is 5.78 Å². The summed E-state index contributed by atoms with van der Waals surface area (Å²) >= 11 is 0.